The number of nitrogens with zero attached hydrogens (tertiary/aromatic N) is 2. The van der Waals surface area contributed by atoms with E-state index in [2.05, 4.69) is 5.32 Å². The van der Waals surface area contributed by atoms with Gasteiger partial charge in [-0.2, -0.15) is 0 Å². The zero-order valence-electron chi connectivity index (χ0n) is 24.5. The molecule has 3 aromatic rings. The van der Waals surface area contributed by atoms with Gasteiger partial charge in [0.15, 0.2) is 0 Å². The minimum Gasteiger partial charge on any atom is -0.497 e. The third-order valence-corrected chi connectivity index (χ3v) is 7.89. The lowest BCUT2D eigenvalue weighted by molar-refractivity contribution is -0.140. The Morgan fingerprint density at radius 1 is 0.927 bits per heavy atom. The fourth-order valence-corrected chi connectivity index (χ4v) is 5.47. The molecule has 9 heteroatoms. The van der Waals surface area contributed by atoms with Crippen LogP contribution in [0.1, 0.15) is 37.5 Å². The molecule has 0 aliphatic heterocycles. The van der Waals surface area contributed by atoms with Crippen LogP contribution in [0.25, 0.3) is 0 Å². The Morgan fingerprint density at radius 2 is 1.59 bits per heavy atom. The van der Waals surface area contributed by atoms with Crippen molar-refractivity contribution in [2.24, 2.45) is 5.92 Å². The lowest BCUT2D eigenvalue weighted by Crippen LogP contribution is -2.53. The highest BCUT2D eigenvalue weighted by Gasteiger charge is 2.33. The van der Waals surface area contributed by atoms with Crippen LogP contribution in [-0.2, 0) is 39.0 Å². The number of aryl methyl sites for hydroxylation is 1. The molecular weight excluding hydrogens is 538 g/mol. The van der Waals surface area contributed by atoms with Gasteiger partial charge < -0.3 is 15.0 Å². The molecule has 0 fully saturated rings. The van der Waals surface area contributed by atoms with Gasteiger partial charge >= 0.3 is 0 Å². The summed E-state index contributed by atoms with van der Waals surface area (Å²) in [5, 5.41) is 2.99. The fraction of sp³-hybridized carbons (Fsp3) is 0.375. The normalized spacial score (nSPS) is 12.0. The summed E-state index contributed by atoms with van der Waals surface area (Å²) in [6, 6.07) is 23.1. The van der Waals surface area contributed by atoms with Crippen molar-refractivity contribution in [2.75, 3.05) is 30.8 Å². The molecular formula is C32H41N3O5S. The van der Waals surface area contributed by atoms with Crippen LogP contribution in [-0.4, -0.2) is 57.6 Å². The molecule has 0 saturated heterocycles. The summed E-state index contributed by atoms with van der Waals surface area (Å²) >= 11 is 0. The average molecular weight is 580 g/mol. The highest BCUT2D eigenvalue weighted by Crippen LogP contribution is 2.25. The van der Waals surface area contributed by atoms with Gasteiger partial charge in [-0.3, -0.25) is 13.9 Å². The molecule has 0 heterocycles. The topological polar surface area (TPSA) is 96.0 Å². The second-order valence-electron chi connectivity index (χ2n) is 10.5. The zero-order valence-corrected chi connectivity index (χ0v) is 25.4. The molecule has 0 bridgehead atoms. The van der Waals surface area contributed by atoms with Gasteiger partial charge in [-0.25, -0.2) is 8.42 Å². The van der Waals surface area contributed by atoms with Gasteiger partial charge in [0.2, 0.25) is 21.8 Å². The van der Waals surface area contributed by atoms with Crippen LogP contribution in [0.3, 0.4) is 0 Å². The maximum Gasteiger partial charge on any atom is 0.244 e. The lowest BCUT2D eigenvalue weighted by Gasteiger charge is -2.34. The Hall–Kier alpha value is -3.85. The van der Waals surface area contributed by atoms with Crippen molar-refractivity contribution >= 4 is 27.5 Å². The molecule has 1 N–H and O–H groups in total. The molecule has 2 amide bonds. The quantitative estimate of drug-likeness (QED) is 0.305. The second-order valence-corrected chi connectivity index (χ2v) is 12.4. The summed E-state index contributed by atoms with van der Waals surface area (Å²) < 4.78 is 32.6. The molecule has 41 heavy (non-hydrogen) atoms. The van der Waals surface area contributed by atoms with Crippen molar-refractivity contribution in [1.82, 2.24) is 10.2 Å². The third kappa shape index (κ3) is 9.08. The van der Waals surface area contributed by atoms with Crippen LogP contribution in [0.4, 0.5) is 5.69 Å². The predicted molar refractivity (Wildman–Crippen MR) is 163 cm³/mol. The molecule has 0 aromatic heterocycles. The molecule has 220 valence electrons. The van der Waals surface area contributed by atoms with Crippen molar-refractivity contribution in [2.45, 2.75) is 46.2 Å². The fourth-order valence-electron chi connectivity index (χ4n) is 4.59. The van der Waals surface area contributed by atoms with Crippen molar-refractivity contribution in [3.05, 3.63) is 95.6 Å². The molecule has 0 saturated carbocycles. The first-order valence-corrected chi connectivity index (χ1v) is 15.7. The second kappa shape index (κ2) is 14.7. The molecule has 1 atom stereocenters. The van der Waals surface area contributed by atoms with E-state index in [0.29, 0.717) is 24.4 Å². The van der Waals surface area contributed by atoms with E-state index in [9.17, 15) is 18.0 Å². The average Bonchev–Trinajstić information content (AvgIpc) is 2.96. The standard InChI is InChI=1S/C32H41N3O5S/c1-6-27-16-10-11-18-29(27)35(41(5,38)39)23-31(36)34(22-26-15-12-17-28(19-26)40-4)30(32(37)33-21-24(2)3)20-25-13-8-7-9-14-25/h7-19,24,30H,6,20-23H2,1-5H3,(H,33,37)/t30-/m0/s1. The summed E-state index contributed by atoms with van der Waals surface area (Å²) in [4.78, 5) is 29.4. The van der Waals surface area contributed by atoms with E-state index in [1.54, 1.807) is 25.3 Å². The van der Waals surface area contributed by atoms with E-state index in [1.165, 1.54) is 4.90 Å². The SMILES string of the molecule is CCc1ccccc1N(CC(=O)N(Cc1cccc(OC)c1)[C@@H](Cc1ccccc1)C(=O)NCC(C)C)S(C)(=O)=O. The summed E-state index contributed by atoms with van der Waals surface area (Å²) in [6.45, 7) is 6.04. The number of amides is 2. The first-order chi connectivity index (χ1) is 19.5. The third-order valence-electron chi connectivity index (χ3n) is 6.76. The number of para-hydroxylation sites is 1. The van der Waals surface area contributed by atoms with Gasteiger partial charge in [-0.1, -0.05) is 81.4 Å². The summed E-state index contributed by atoms with van der Waals surface area (Å²) in [5.41, 5.74) is 2.90. The van der Waals surface area contributed by atoms with Crippen molar-refractivity contribution < 1.29 is 22.7 Å². The maximum atomic E-state index is 14.2. The molecule has 0 unspecified atom stereocenters. The molecule has 0 spiro atoms. The molecule has 0 radical (unpaired) electrons. The van der Waals surface area contributed by atoms with Crippen LogP contribution in [0.15, 0.2) is 78.9 Å². The number of ether oxygens (including phenoxy) is 1. The van der Waals surface area contributed by atoms with Gasteiger partial charge in [-0.05, 0) is 47.2 Å². The predicted octanol–water partition coefficient (Wildman–Crippen LogP) is 4.44. The first kappa shape index (κ1) is 31.7. The molecule has 3 aromatic carbocycles. The van der Waals surface area contributed by atoms with Crippen LogP contribution >= 0.6 is 0 Å². The van der Waals surface area contributed by atoms with Gasteiger partial charge in [0, 0.05) is 19.5 Å². The number of hydrogen-bond acceptors (Lipinski definition) is 5. The summed E-state index contributed by atoms with van der Waals surface area (Å²) in [7, 11) is -2.26. The van der Waals surface area contributed by atoms with Crippen molar-refractivity contribution in [1.29, 1.82) is 0 Å². The van der Waals surface area contributed by atoms with Crippen LogP contribution in [0.2, 0.25) is 0 Å². The zero-order chi connectivity index (χ0) is 30.0. The van der Waals surface area contributed by atoms with E-state index in [-0.39, 0.29) is 24.8 Å². The van der Waals surface area contributed by atoms with Crippen molar-refractivity contribution in [3.8, 4) is 5.75 Å². The van der Waals surface area contributed by atoms with Crippen LogP contribution in [0.5, 0.6) is 5.75 Å². The van der Waals surface area contributed by atoms with E-state index < -0.39 is 28.5 Å². The Balaban J connectivity index is 2.08. The minimum atomic E-state index is -3.82. The highest BCUT2D eigenvalue weighted by atomic mass is 32.2. The van der Waals surface area contributed by atoms with Crippen LogP contribution < -0.4 is 14.4 Å². The molecule has 0 aliphatic rings. The number of carbonyl (C=O) groups excluding carboxylic acids is 2. The Kier molecular flexibility index (Phi) is 11.3. The largest absolute Gasteiger partial charge is 0.497 e. The van der Waals surface area contributed by atoms with E-state index >= 15 is 0 Å². The first-order valence-electron chi connectivity index (χ1n) is 13.8. The summed E-state index contributed by atoms with van der Waals surface area (Å²) in [5.74, 6) is 0.0574. The Labute approximate surface area is 244 Å². The van der Waals surface area contributed by atoms with E-state index in [4.69, 9.17) is 4.74 Å². The number of methoxy groups -OCH3 is 1. The molecule has 8 nitrogen and oxygen atoms in total. The lowest BCUT2D eigenvalue weighted by atomic mass is 10.0. The number of hydrogen-bond donors (Lipinski definition) is 1. The van der Waals surface area contributed by atoms with Gasteiger partial charge in [-0.15, -0.1) is 0 Å². The molecule has 3 rings (SSSR count). The van der Waals surface area contributed by atoms with Gasteiger partial charge in [0.25, 0.3) is 0 Å². The highest BCUT2D eigenvalue weighted by molar-refractivity contribution is 7.92. The Morgan fingerprint density at radius 3 is 2.22 bits per heavy atom. The number of rotatable bonds is 14. The number of benzene rings is 3. The maximum absolute atomic E-state index is 14.2. The molecule has 0 aliphatic carbocycles. The van der Waals surface area contributed by atoms with Gasteiger partial charge in [0.05, 0.1) is 19.1 Å². The summed E-state index contributed by atoms with van der Waals surface area (Å²) in [6.07, 6.45) is 1.96. The van der Waals surface area contributed by atoms with E-state index in [0.717, 1.165) is 27.3 Å². The smallest absolute Gasteiger partial charge is 0.244 e. The van der Waals surface area contributed by atoms with Gasteiger partial charge in [0.1, 0.15) is 18.3 Å². The minimum absolute atomic E-state index is 0.0929. The van der Waals surface area contributed by atoms with E-state index in [1.807, 2.05) is 81.4 Å². The number of nitrogens with one attached hydrogen (secondary N) is 1. The van der Waals surface area contributed by atoms with Crippen LogP contribution in [0, 0.1) is 5.92 Å². The number of carbonyl (C=O) groups is 2. The number of sulfonamides is 1. The number of anilines is 1. The van der Waals surface area contributed by atoms with Crippen molar-refractivity contribution in [3.63, 3.8) is 0 Å². The Bertz CT molecular complexity index is 1410. The monoisotopic (exact) mass is 579 g/mol.